The molecule has 3 nitrogen and oxygen atoms in total. The van der Waals surface area contributed by atoms with Crippen molar-refractivity contribution < 1.29 is 4.74 Å². The van der Waals surface area contributed by atoms with Crippen LogP contribution in [0.5, 0.6) is 0 Å². The number of nitrogens with one attached hydrogen (secondary N) is 1. The Morgan fingerprint density at radius 1 is 1.50 bits per heavy atom. The van der Waals surface area contributed by atoms with Crippen LogP contribution >= 0.6 is 11.6 Å². The molecule has 0 aliphatic carbocycles. The monoisotopic (exact) mass is 240 g/mol. The van der Waals surface area contributed by atoms with Crippen LogP contribution in [0.25, 0.3) is 0 Å². The Balaban J connectivity index is 2.06. The average Bonchev–Trinajstić information content (AvgIpc) is 2.80. The molecule has 0 amide bonds. The van der Waals surface area contributed by atoms with Crippen molar-refractivity contribution in [2.24, 2.45) is 11.8 Å². The summed E-state index contributed by atoms with van der Waals surface area (Å²) in [6, 6.07) is 7.93. The fourth-order valence-electron chi connectivity index (χ4n) is 2.15. The Morgan fingerprint density at radius 2 is 2.31 bits per heavy atom. The van der Waals surface area contributed by atoms with E-state index in [1.165, 1.54) is 0 Å². The first-order valence-electron chi connectivity index (χ1n) is 5.59. The van der Waals surface area contributed by atoms with Gasteiger partial charge in [0.05, 0.1) is 0 Å². The standard InChI is InChI=1S/C12H17ClN2O/c13-11-4-2-1-3-10(11)12(15-14)7-9-5-6-16-8-9/h1-4,9,12,15H,5-8,14H2. The van der Waals surface area contributed by atoms with E-state index in [-0.39, 0.29) is 6.04 Å². The minimum atomic E-state index is 0.111. The normalized spacial score (nSPS) is 22.2. The molecule has 1 fully saturated rings. The van der Waals surface area contributed by atoms with E-state index in [0.29, 0.717) is 5.92 Å². The maximum atomic E-state index is 6.16. The number of ether oxygens (including phenoxy) is 1. The molecular weight excluding hydrogens is 224 g/mol. The smallest absolute Gasteiger partial charge is 0.0495 e. The Labute approximate surface area is 101 Å². The number of rotatable bonds is 4. The van der Waals surface area contributed by atoms with Gasteiger partial charge in [-0.05, 0) is 30.4 Å². The van der Waals surface area contributed by atoms with Crippen molar-refractivity contribution in [1.82, 2.24) is 5.43 Å². The summed E-state index contributed by atoms with van der Waals surface area (Å²) in [4.78, 5) is 0. The van der Waals surface area contributed by atoms with Crippen LogP contribution in [-0.4, -0.2) is 13.2 Å². The van der Waals surface area contributed by atoms with Gasteiger partial charge in [-0.1, -0.05) is 29.8 Å². The van der Waals surface area contributed by atoms with Gasteiger partial charge in [0.1, 0.15) is 0 Å². The topological polar surface area (TPSA) is 47.3 Å². The summed E-state index contributed by atoms with van der Waals surface area (Å²) in [6.07, 6.45) is 2.09. The second kappa shape index (κ2) is 5.64. The molecular formula is C12H17ClN2O. The van der Waals surface area contributed by atoms with Gasteiger partial charge in [-0.25, -0.2) is 0 Å². The lowest BCUT2D eigenvalue weighted by molar-refractivity contribution is 0.181. The third-order valence-electron chi connectivity index (χ3n) is 3.07. The Kier molecular flexibility index (Phi) is 4.18. The minimum Gasteiger partial charge on any atom is -0.381 e. The average molecular weight is 241 g/mol. The lowest BCUT2D eigenvalue weighted by Gasteiger charge is -2.20. The molecule has 2 unspecified atom stereocenters. The van der Waals surface area contributed by atoms with Crippen LogP contribution in [0, 0.1) is 5.92 Å². The molecule has 2 rings (SSSR count). The molecule has 2 atom stereocenters. The predicted molar refractivity (Wildman–Crippen MR) is 65.1 cm³/mol. The molecule has 88 valence electrons. The second-order valence-corrected chi connectivity index (χ2v) is 4.61. The highest BCUT2D eigenvalue weighted by Gasteiger charge is 2.22. The lowest BCUT2D eigenvalue weighted by atomic mass is 9.94. The summed E-state index contributed by atoms with van der Waals surface area (Å²) in [7, 11) is 0. The van der Waals surface area contributed by atoms with Gasteiger partial charge in [0, 0.05) is 24.3 Å². The van der Waals surface area contributed by atoms with Crippen molar-refractivity contribution in [3.8, 4) is 0 Å². The number of benzene rings is 1. The van der Waals surface area contributed by atoms with E-state index < -0.39 is 0 Å². The van der Waals surface area contributed by atoms with Crippen molar-refractivity contribution >= 4 is 11.6 Å². The predicted octanol–water partition coefficient (Wildman–Crippen LogP) is 2.27. The third-order valence-corrected chi connectivity index (χ3v) is 3.42. The van der Waals surface area contributed by atoms with Crippen LogP contribution in [0.15, 0.2) is 24.3 Å². The van der Waals surface area contributed by atoms with Gasteiger partial charge in [0.25, 0.3) is 0 Å². The molecule has 0 spiro atoms. The van der Waals surface area contributed by atoms with E-state index in [4.69, 9.17) is 22.2 Å². The molecule has 0 bridgehead atoms. The molecule has 1 aliphatic heterocycles. The van der Waals surface area contributed by atoms with Crippen molar-refractivity contribution in [2.75, 3.05) is 13.2 Å². The fourth-order valence-corrected chi connectivity index (χ4v) is 2.41. The molecule has 3 N–H and O–H groups in total. The van der Waals surface area contributed by atoms with Crippen LogP contribution < -0.4 is 11.3 Å². The first-order chi connectivity index (χ1) is 7.81. The summed E-state index contributed by atoms with van der Waals surface area (Å²) in [5.41, 5.74) is 3.91. The van der Waals surface area contributed by atoms with Crippen molar-refractivity contribution in [1.29, 1.82) is 0 Å². The molecule has 0 radical (unpaired) electrons. The van der Waals surface area contributed by atoms with E-state index in [9.17, 15) is 0 Å². The molecule has 1 aliphatic rings. The third kappa shape index (κ3) is 2.74. The Hall–Kier alpha value is -0.610. The van der Waals surface area contributed by atoms with Gasteiger partial charge in [-0.15, -0.1) is 0 Å². The summed E-state index contributed by atoms with van der Waals surface area (Å²) in [5, 5.41) is 0.768. The number of hydrogen-bond acceptors (Lipinski definition) is 3. The summed E-state index contributed by atoms with van der Waals surface area (Å²) >= 11 is 6.16. The Morgan fingerprint density at radius 3 is 2.94 bits per heavy atom. The highest BCUT2D eigenvalue weighted by atomic mass is 35.5. The van der Waals surface area contributed by atoms with E-state index in [1.807, 2.05) is 24.3 Å². The van der Waals surface area contributed by atoms with Crippen molar-refractivity contribution in [3.63, 3.8) is 0 Å². The molecule has 1 heterocycles. The molecule has 0 saturated carbocycles. The minimum absolute atomic E-state index is 0.111. The maximum absolute atomic E-state index is 6.16. The van der Waals surface area contributed by atoms with E-state index in [2.05, 4.69) is 5.43 Å². The summed E-state index contributed by atoms with van der Waals surface area (Å²) in [5.74, 6) is 6.18. The molecule has 1 aromatic carbocycles. The highest BCUT2D eigenvalue weighted by molar-refractivity contribution is 6.31. The van der Waals surface area contributed by atoms with E-state index in [1.54, 1.807) is 0 Å². The van der Waals surface area contributed by atoms with Gasteiger partial charge >= 0.3 is 0 Å². The van der Waals surface area contributed by atoms with Gasteiger partial charge in [-0.2, -0.15) is 0 Å². The number of hydrazine groups is 1. The second-order valence-electron chi connectivity index (χ2n) is 4.21. The highest BCUT2D eigenvalue weighted by Crippen LogP contribution is 2.29. The van der Waals surface area contributed by atoms with E-state index >= 15 is 0 Å². The van der Waals surface area contributed by atoms with Gasteiger partial charge in [0.15, 0.2) is 0 Å². The van der Waals surface area contributed by atoms with Crippen LogP contribution in [0.2, 0.25) is 5.02 Å². The zero-order valence-electron chi connectivity index (χ0n) is 9.16. The first-order valence-corrected chi connectivity index (χ1v) is 5.97. The first kappa shape index (κ1) is 11.9. The van der Waals surface area contributed by atoms with Gasteiger partial charge < -0.3 is 4.74 Å². The number of hydrogen-bond donors (Lipinski definition) is 2. The lowest BCUT2D eigenvalue weighted by Crippen LogP contribution is -2.30. The fraction of sp³-hybridized carbons (Fsp3) is 0.500. The van der Waals surface area contributed by atoms with Crippen LogP contribution in [0.3, 0.4) is 0 Å². The van der Waals surface area contributed by atoms with Gasteiger partial charge in [-0.3, -0.25) is 11.3 Å². The molecule has 1 aromatic rings. The van der Waals surface area contributed by atoms with Crippen LogP contribution in [0.1, 0.15) is 24.4 Å². The van der Waals surface area contributed by atoms with Crippen molar-refractivity contribution in [2.45, 2.75) is 18.9 Å². The molecule has 4 heteroatoms. The summed E-state index contributed by atoms with van der Waals surface area (Å²) < 4.78 is 5.37. The Bertz CT molecular complexity index is 340. The van der Waals surface area contributed by atoms with Crippen LogP contribution in [0.4, 0.5) is 0 Å². The largest absolute Gasteiger partial charge is 0.381 e. The van der Waals surface area contributed by atoms with Gasteiger partial charge in [0.2, 0.25) is 0 Å². The van der Waals surface area contributed by atoms with Crippen molar-refractivity contribution in [3.05, 3.63) is 34.9 Å². The molecule has 16 heavy (non-hydrogen) atoms. The quantitative estimate of drug-likeness (QED) is 0.627. The zero-order valence-corrected chi connectivity index (χ0v) is 9.91. The maximum Gasteiger partial charge on any atom is 0.0495 e. The van der Waals surface area contributed by atoms with E-state index in [0.717, 1.165) is 36.6 Å². The number of nitrogens with two attached hydrogens (primary N) is 1. The summed E-state index contributed by atoms with van der Waals surface area (Å²) in [6.45, 7) is 1.70. The molecule has 0 aromatic heterocycles. The van der Waals surface area contributed by atoms with Crippen LogP contribution in [-0.2, 0) is 4.74 Å². The number of halogens is 1. The molecule has 1 saturated heterocycles. The zero-order chi connectivity index (χ0) is 11.4. The SMILES string of the molecule is NNC(CC1CCOC1)c1ccccc1Cl.